The van der Waals surface area contributed by atoms with Crippen molar-refractivity contribution in [2.75, 3.05) is 25.1 Å². The molecular weight excluding hydrogens is 276 g/mol. The fraction of sp³-hybridized carbons (Fsp3) is 0.571. The Kier molecular flexibility index (Phi) is 4.64. The van der Waals surface area contributed by atoms with E-state index in [-0.39, 0.29) is 17.5 Å². The van der Waals surface area contributed by atoms with Crippen LogP contribution in [0.15, 0.2) is 18.2 Å². The minimum atomic E-state index is -0.557. The summed E-state index contributed by atoms with van der Waals surface area (Å²) in [6, 6.07) is 4.72. The summed E-state index contributed by atoms with van der Waals surface area (Å²) in [4.78, 5) is 10.5. The first kappa shape index (κ1) is 15.5. The van der Waals surface area contributed by atoms with Crippen molar-refractivity contribution in [3.63, 3.8) is 0 Å². The molecule has 1 saturated heterocycles. The predicted molar refractivity (Wildman–Crippen MR) is 77.7 cm³/mol. The average Bonchev–Trinajstić information content (AvgIpc) is 2.76. The SMILES string of the molecule is CCOc1cc(NCC2COC(C)(C)O2)ccc1[N+](=O)[O-]. The van der Waals surface area contributed by atoms with E-state index in [0.29, 0.717) is 19.8 Å². The van der Waals surface area contributed by atoms with E-state index in [2.05, 4.69) is 5.32 Å². The van der Waals surface area contributed by atoms with Crippen LogP contribution in [0.2, 0.25) is 0 Å². The van der Waals surface area contributed by atoms with Crippen LogP contribution in [-0.4, -0.2) is 36.6 Å². The molecule has 2 rings (SSSR count). The lowest BCUT2D eigenvalue weighted by Crippen LogP contribution is -2.26. The molecule has 0 aliphatic carbocycles. The van der Waals surface area contributed by atoms with E-state index in [0.717, 1.165) is 5.69 Å². The van der Waals surface area contributed by atoms with Gasteiger partial charge in [-0.2, -0.15) is 0 Å². The third-order valence-electron chi connectivity index (χ3n) is 3.06. The summed E-state index contributed by atoms with van der Waals surface area (Å²) in [5.41, 5.74) is 0.710. The highest BCUT2D eigenvalue weighted by atomic mass is 16.7. The van der Waals surface area contributed by atoms with Gasteiger partial charge in [-0.3, -0.25) is 10.1 Å². The highest BCUT2D eigenvalue weighted by Gasteiger charge is 2.32. The number of nitro benzene ring substituents is 1. The van der Waals surface area contributed by atoms with Crippen molar-refractivity contribution >= 4 is 11.4 Å². The molecule has 7 nitrogen and oxygen atoms in total. The van der Waals surface area contributed by atoms with E-state index < -0.39 is 10.7 Å². The molecule has 1 fully saturated rings. The van der Waals surface area contributed by atoms with Crippen LogP contribution in [-0.2, 0) is 9.47 Å². The van der Waals surface area contributed by atoms with E-state index >= 15 is 0 Å². The Bertz CT molecular complexity index is 518. The maximum atomic E-state index is 10.9. The van der Waals surface area contributed by atoms with Crippen molar-refractivity contribution < 1.29 is 19.1 Å². The Morgan fingerprint density at radius 2 is 2.29 bits per heavy atom. The van der Waals surface area contributed by atoms with Crippen LogP contribution in [0.1, 0.15) is 20.8 Å². The second-order valence-corrected chi connectivity index (χ2v) is 5.20. The average molecular weight is 296 g/mol. The third kappa shape index (κ3) is 4.05. The molecule has 7 heteroatoms. The number of anilines is 1. The highest BCUT2D eigenvalue weighted by molar-refractivity contribution is 5.58. The van der Waals surface area contributed by atoms with Gasteiger partial charge < -0.3 is 19.5 Å². The van der Waals surface area contributed by atoms with E-state index in [1.165, 1.54) is 6.07 Å². The summed E-state index contributed by atoms with van der Waals surface area (Å²) in [5.74, 6) is -0.297. The monoisotopic (exact) mass is 296 g/mol. The van der Waals surface area contributed by atoms with Gasteiger partial charge in [0.2, 0.25) is 0 Å². The molecule has 0 amide bonds. The molecule has 1 aliphatic rings. The number of ether oxygens (including phenoxy) is 3. The van der Waals surface area contributed by atoms with Crippen molar-refractivity contribution in [2.45, 2.75) is 32.7 Å². The molecule has 0 saturated carbocycles. The predicted octanol–water partition coefficient (Wildman–Crippen LogP) is 2.56. The summed E-state index contributed by atoms with van der Waals surface area (Å²) in [5, 5.41) is 14.1. The van der Waals surface area contributed by atoms with Crippen LogP contribution in [0.25, 0.3) is 0 Å². The first-order chi connectivity index (χ1) is 9.91. The summed E-state index contributed by atoms with van der Waals surface area (Å²) >= 11 is 0. The lowest BCUT2D eigenvalue weighted by molar-refractivity contribution is -0.385. The second kappa shape index (κ2) is 6.28. The number of nitro groups is 1. The summed E-state index contributed by atoms with van der Waals surface area (Å²) in [7, 11) is 0. The zero-order valence-electron chi connectivity index (χ0n) is 12.4. The van der Waals surface area contributed by atoms with Crippen molar-refractivity contribution in [1.82, 2.24) is 0 Å². The normalized spacial score (nSPS) is 20.2. The van der Waals surface area contributed by atoms with Gasteiger partial charge >= 0.3 is 5.69 Å². The van der Waals surface area contributed by atoms with Crippen molar-refractivity contribution in [2.24, 2.45) is 0 Å². The lowest BCUT2D eigenvalue weighted by atomic mass is 10.2. The van der Waals surface area contributed by atoms with Gasteiger partial charge in [-0.1, -0.05) is 0 Å². The van der Waals surface area contributed by atoms with Crippen LogP contribution >= 0.6 is 0 Å². The second-order valence-electron chi connectivity index (χ2n) is 5.20. The van der Waals surface area contributed by atoms with Gasteiger partial charge in [0.15, 0.2) is 11.5 Å². The summed E-state index contributed by atoms with van der Waals surface area (Å²) in [6.07, 6.45) is -0.0502. The van der Waals surface area contributed by atoms with Gasteiger partial charge in [0.05, 0.1) is 18.1 Å². The van der Waals surface area contributed by atoms with Crippen molar-refractivity contribution in [3.8, 4) is 5.75 Å². The van der Waals surface area contributed by atoms with Gasteiger partial charge in [0.25, 0.3) is 0 Å². The molecule has 1 N–H and O–H groups in total. The summed E-state index contributed by atoms with van der Waals surface area (Å²) < 4.78 is 16.5. The molecule has 0 radical (unpaired) electrons. The molecule has 21 heavy (non-hydrogen) atoms. The number of nitrogens with zero attached hydrogens (tertiary/aromatic N) is 1. The van der Waals surface area contributed by atoms with E-state index in [9.17, 15) is 10.1 Å². The molecule has 0 aromatic heterocycles. The van der Waals surface area contributed by atoms with Crippen molar-refractivity contribution in [1.29, 1.82) is 0 Å². The van der Waals surface area contributed by atoms with Crippen LogP contribution in [0.4, 0.5) is 11.4 Å². The fourth-order valence-corrected chi connectivity index (χ4v) is 2.14. The maximum absolute atomic E-state index is 10.9. The number of hydrogen-bond donors (Lipinski definition) is 1. The number of hydrogen-bond acceptors (Lipinski definition) is 6. The number of rotatable bonds is 6. The Hall–Kier alpha value is -1.86. The largest absolute Gasteiger partial charge is 0.487 e. The molecule has 1 atom stereocenters. The quantitative estimate of drug-likeness (QED) is 0.641. The molecule has 116 valence electrons. The topological polar surface area (TPSA) is 82.9 Å². The Morgan fingerprint density at radius 3 is 2.86 bits per heavy atom. The minimum absolute atomic E-state index is 0.0380. The van der Waals surface area contributed by atoms with Gasteiger partial charge in [-0.25, -0.2) is 0 Å². The third-order valence-corrected chi connectivity index (χ3v) is 3.06. The van der Waals surface area contributed by atoms with Gasteiger partial charge in [0.1, 0.15) is 6.10 Å². The molecule has 1 heterocycles. The minimum Gasteiger partial charge on any atom is -0.487 e. The lowest BCUT2D eigenvalue weighted by Gasteiger charge is -2.17. The highest BCUT2D eigenvalue weighted by Crippen LogP contribution is 2.30. The van der Waals surface area contributed by atoms with Gasteiger partial charge in [0, 0.05) is 24.4 Å². The summed E-state index contributed by atoms with van der Waals surface area (Å²) in [6.45, 7) is 6.98. The van der Waals surface area contributed by atoms with Crippen LogP contribution in [0.3, 0.4) is 0 Å². The Balaban J connectivity index is 2.00. The van der Waals surface area contributed by atoms with Crippen LogP contribution in [0.5, 0.6) is 5.75 Å². The molecule has 1 aromatic rings. The smallest absolute Gasteiger partial charge is 0.311 e. The van der Waals surface area contributed by atoms with Crippen LogP contribution < -0.4 is 10.1 Å². The number of benzene rings is 1. The molecule has 0 spiro atoms. The van der Waals surface area contributed by atoms with Gasteiger partial charge in [-0.15, -0.1) is 0 Å². The maximum Gasteiger partial charge on any atom is 0.311 e. The first-order valence-corrected chi connectivity index (χ1v) is 6.88. The fourth-order valence-electron chi connectivity index (χ4n) is 2.14. The molecule has 1 aliphatic heterocycles. The zero-order valence-corrected chi connectivity index (χ0v) is 12.4. The van der Waals surface area contributed by atoms with Crippen LogP contribution in [0, 0.1) is 10.1 Å². The van der Waals surface area contributed by atoms with Crippen molar-refractivity contribution in [3.05, 3.63) is 28.3 Å². The van der Waals surface area contributed by atoms with E-state index in [1.807, 2.05) is 13.8 Å². The van der Waals surface area contributed by atoms with Gasteiger partial charge in [-0.05, 0) is 26.8 Å². The molecule has 1 unspecified atom stereocenters. The zero-order chi connectivity index (χ0) is 15.5. The Morgan fingerprint density at radius 1 is 1.52 bits per heavy atom. The molecule has 0 bridgehead atoms. The standard InChI is InChI=1S/C14H20N2O5/c1-4-19-13-7-10(5-6-12(13)16(17)18)15-8-11-9-20-14(2,3)21-11/h5-7,11,15H,4,8-9H2,1-3H3. The molecule has 1 aromatic carbocycles. The Labute approximate surface area is 123 Å². The number of nitrogens with one attached hydrogen (secondary N) is 1. The molecular formula is C14H20N2O5. The van der Waals surface area contributed by atoms with E-state index in [1.54, 1.807) is 19.1 Å². The van der Waals surface area contributed by atoms with E-state index in [4.69, 9.17) is 14.2 Å². The first-order valence-electron chi connectivity index (χ1n) is 6.88.